The molecule has 40 heavy (non-hydrogen) atoms. The molecule has 4 aromatic rings. The van der Waals surface area contributed by atoms with Gasteiger partial charge in [0.05, 0.1) is 29.1 Å². The summed E-state index contributed by atoms with van der Waals surface area (Å²) in [6.07, 6.45) is -9.85. The third-order valence-electron chi connectivity index (χ3n) is 6.41. The smallest absolute Gasteiger partial charge is 0.394 e. The quantitative estimate of drug-likeness (QED) is 0.304. The summed E-state index contributed by atoms with van der Waals surface area (Å²) in [5.74, 6) is -2.08. The lowest BCUT2D eigenvalue weighted by molar-refractivity contribution is -0.210. The highest BCUT2D eigenvalue weighted by Gasteiger charge is 2.49. The second kappa shape index (κ2) is 10.5. The zero-order valence-electron chi connectivity index (χ0n) is 20.3. The first-order valence-corrected chi connectivity index (χ1v) is 12.1. The Morgan fingerprint density at radius 1 is 1.07 bits per heavy atom. The minimum atomic E-state index is -4.89. The Morgan fingerprint density at radius 2 is 1.82 bits per heavy atom. The fourth-order valence-corrected chi connectivity index (χ4v) is 4.67. The van der Waals surface area contributed by atoms with Crippen LogP contribution < -0.4 is 0 Å². The van der Waals surface area contributed by atoms with Crippen molar-refractivity contribution in [2.45, 2.75) is 43.6 Å². The third-order valence-corrected chi connectivity index (χ3v) is 6.72. The number of benzene rings is 2. The molecule has 0 bridgehead atoms. The number of aromatic nitrogens is 6. The molecule has 5 rings (SSSR count). The van der Waals surface area contributed by atoms with Crippen molar-refractivity contribution in [3.63, 3.8) is 0 Å². The molecule has 0 aliphatic carbocycles. The summed E-state index contributed by atoms with van der Waals surface area (Å²) in [6.45, 7) is 0.609. The molecule has 0 spiro atoms. The highest BCUT2D eigenvalue weighted by molar-refractivity contribution is 6.30. The van der Waals surface area contributed by atoms with E-state index in [1.54, 1.807) is 0 Å². The lowest BCUT2D eigenvalue weighted by Crippen LogP contribution is -2.53. The van der Waals surface area contributed by atoms with Crippen molar-refractivity contribution in [3.8, 4) is 16.9 Å². The van der Waals surface area contributed by atoms with E-state index < -0.39 is 66.1 Å². The predicted molar refractivity (Wildman–Crippen MR) is 127 cm³/mol. The van der Waals surface area contributed by atoms with Crippen LogP contribution in [0.1, 0.15) is 29.4 Å². The van der Waals surface area contributed by atoms with Crippen molar-refractivity contribution in [3.05, 3.63) is 76.5 Å². The van der Waals surface area contributed by atoms with Gasteiger partial charge in [0.25, 0.3) is 0 Å². The average Bonchev–Trinajstić information content (AvgIpc) is 3.52. The van der Waals surface area contributed by atoms with Crippen LogP contribution in [-0.2, 0) is 10.9 Å². The summed E-state index contributed by atoms with van der Waals surface area (Å²) < 4.78 is 76.9. The Morgan fingerprint density at radius 3 is 2.50 bits per heavy atom. The van der Waals surface area contributed by atoms with Gasteiger partial charge < -0.3 is 20.1 Å². The molecule has 1 aliphatic heterocycles. The number of aliphatic hydroxyl groups is 3. The van der Waals surface area contributed by atoms with Gasteiger partial charge in [0, 0.05) is 11.6 Å². The van der Waals surface area contributed by atoms with Crippen LogP contribution in [0.4, 0.5) is 22.0 Å². The Kier molecular flexibility index (Phi) is 7.35. The summed E-state index contributed by atoms with van der Waals surface area (Å²) in [7, 11) is 0. The second-order valence-electron chi connectivity index (χ2n) is 9.05. The van der Waals surface area contributed by atoms with E-state index in [-0.39, 0.29) is 27.9 Å². The first-order chi connectivity index (χ1) is 18.9. The summed E-state index contributed by atoms with van der Waals surface area (Å²) in [5, 5.41) is 43.8. The number of nitrogens with zero attached hydrogens (tertiary/aromatic N) is 6. The van der Waals surface area contributed by atoms with Gasteiger partial charge in [-0.25, -0.2) is 23.1 Å². The topological polar surface area (TPSA) is 131 Å². The number of aryl methyl sites for hydroxylation is 1. The maximum atomic E-state index is 14.1. The van der Waals surface area contributed by atoms with Gasteiger partial charge in [-0.3, -0.25) is 0 Å². The number of hydrogen-bond donors (Lipinski definition) is 3. The van der Waals surface area contributed by atoms with Crippen molar-refractivity contribution in [1.29, 1.82) is 0 Å². The van der Waals surface area contributed by atoms with Crippen molar-refractivity contribution in [2.75, 3.05) is 6.61 Å². The van der Waals surface area contributed by atoms with Gasteiger partial charge in [0.2, 0.25) is 0 Å². The van der Waals surface area contributed by atoms with Crippen molar-refractivity contribution >= 4 is 11.6 Å². The van der Waals surface area contributed by atoms with Crippen LogP contribution in [-0.4, -0.2) is 70.0 Å². The van der Waals surface area contributed by atoms with Crippen molar-refractivity contribution in [2.24, 2.45) is 0 Å². The molecule has 2 aromatic heterocycles. The fourth-order valence-electron chi connectivity index (χ4n) is 4.55. The first-order valence-electron chi connectivity index (χ1n) is 11.7. The van der Waals surface area contributed by atoms with Gasteiger partial charge in [0.1, 0.15) is 53.6 Å². The van der Waals surface area contributed by atoms with E-state index in [2.05, 4.69) is 20.4 Å². The van der Waals surface area contributed by atoms with Crippen molar-refractivity contribution < 1.29 is 42.0 Å². The predicted octanol–water partition coefficient (Wildman–Crippen LogP) is 3.18. The van der Waals surface area contributed by atoms with Gasteiger partial charge in [-0.15, -0.1) is 5.10 Å². The fraction of sp³-hybridized carbons (Fsp3) is 0.333. The number of alkyl halides is 3. The number of hydrogen-bond acceptors (Lipinski definition) is 8. The molecule has 16 heteroatoms. The van der Waals surface area contributed by atoms with Gasteiger partial charge in [-0.05, 0) is 31.2 Å². The first kappa shape index (κ1) is 28.0. The van der Waals surface area contributed by atoms with Crippen LogP contribution in [0, 0.1) is 18.6 Å². The molecule has 5 atom stereocenters. The monoisotopic (exact) mass is 586 g/mol. The van der Waals surface area contributed by atoms with E-state index >= 15 is 0 Å². The molecule has 1 fully saturated rings. The summed E-state index contributed by atoms with van der Waals surface area (Å²) in [5.41, 5.74) is -1.51. The van der Waals surface area contributed by atoms with Crippen LogP contribution in [0.5, 0.6) is 0 Å². The zero-order valence-corrected chi connectivity index (χ0v) is 21.1. The Labute approximate surface area is 227 Å². The molecule has 212 valence electrons. The van der Waals surface area contributed by atoms with Gasteiger partial charge in [-0.2, -0.15) is 18.3 Å². The lowest BCUT2D eigenvalue weighted by Gasteiger charge is -2.41. The van der Waals surface area contributed by atoms with E-state index in [1.165, 1.54) is 25.3 Å². The maximum absolute atomic E-state index is 14.1. The van der Waals surface area contributed by atoms with Gasteiger partial charge >= 0.3 is 6.18 Å². The van der Waals surface area contributed by atoms with Crippen LogP contribution in [0.25, 0.3) is 16.9 Å². The zero-order chi connectivity index (χ0) is 28.9. The standard InChI is InChI=1S/C24H20ClF5N6O4/c1-10-31-23(36(33-10)17-7-12(26)3-4-13(17)24(28,29)30)22-21(39)19(20(38)18(9-37)40-22)35-8-16(32-34-35)11-2-5-14(25)15(27)6-11/h2-8,18-22,37-39H,9H2,1H3/t18-,19+,20+,21-,22-/m1/s1. The summed E-state index contributed by atoms with van der Waals surface area (Å²) in [4.78, 5) is 4.12. The van der Waals surface area contributed by atoms with E-state index in [9.17, 15) is 37.3 Å². The van der Waals surface area contributed by atoms with E-state index in [0.29, 0.717) is 22.9 Å². The highest BCUT2D eigenvalue weighted by Crippen LogP contribution is 2.40. The second-order valence-corrected chi connectivity index (χ2v) is 9.46. The van der Waals surface area contributed by atoms with Crippen LogP contribution in [0.2, 0.25) is 5.02 Å². The molecule has 2 aromatic carbocycles. The van der Waals surface area contributed by atoms with Crippen LogP contribution in [0.15, 0.2) is 42.6 Å². The Hall–Kier alpha value is -3.50. The molecule has 3 heterocycles. The largest absolute Gasteiger partial charge is 0.418 e. The minimum absolute atomic E-state index is 0.0285. The molecular weight excluding hydrogens is 567 g/mol. The number of rotatable bonds is 5. The molecule has 10 nitrogen and oxygen atoms in total. The molecule has 3 N–H and O–H groups in total. The average molecular weight is 587 g/mol. The summed E-state index contributed by atoms with van der Waals surface area (Å²) >= 11 is 5.73. The van der Waals surface area contributed by atoms with Gasteiger partial charge in [-0.1, -0.05) is 22.9 Å². The van der Waals surface area contributed by atoms with Gasteiger partial charge in [0.15, 0.2) is 5.82 Å². The molecule has 1 saturated heterocycles. The lowest BCUT2D eigenvalue weighted by atomic mass is 9.92. The maximum Gasteiger partial charge on any atom is 0.418 e. The normalized spacial score (nSPS) is 23.5. The minimum Gasteiger partial charge on any atom is -0.394 e. The Balaban J connectivity index is 1.58. The van der Waals surface area contributed by atoms with E-state index in [0.717, 1.165) is 10.7 Å². The van der Waals surface area contributed by atoms with Crippen molar-refractivity contribution in [1.82, 2.24) is 29.8 Å². The Bertz CT molecular complexity index is 1550. The third kappa shape index (κ3) is 5.06. The molecule has 0 amide bonds. The molecule has 0 radical (unpaired) electrons. The number of aliphatic hydroxyl groups excluding tert-OH is 3. The SMILES string of the molecule is Cc1nc([C@@H]2O[C@H](CO)[C@H](O)[C@H](n3cc(-c4ccc(Cl)c(F)c4)nn3)[C@H]2O)n(-c2cc(F)ccc2C(F)(F)F)n1. The summed E-state index contributed by atoms with van der Waals surface area (Å²) in [6, 6.07) is 4.31. The van der Waals surface area contributed by atoms with E-state index in [4.69, 9.17) is 16.3 Å². The molecular formula is C24H20ClF5N6O4. The van der Waals surface area contributed by atoms with Crippen LogP contribution in [0.3, 0.4) is 0 Å². The number of halogens is 6. The number of ether oxygens (including phenoxy) is 1. The highest BCUT2D eigenvalue weighted by atomic mass is 35.5. The molecule has 1 aliphatic rings. The van der Waals surface area contributed by atoms with Crippen LogP contribution >= 0.6 is 11.6 Å². The molecule has 0 unspecified atom stereocenters. The molecule has 0 saturated carbocycles. The van der Waals surface area contributed by atoms with E-state index in [1.807, 2.05) is 0 Å².